The summed E-state index contributed by atoms with van der Waals surface area (Å²) in [6.45, 7) is 8.15. The van der Waals surface area contributed by atoms with Gasteiger partial charge in [0, 0.05) is 0 Å². The first-order valence-corrected chi connectivity index (χ1v) is 9.72. The normalized spacial score (nSPS) is 12.9. The third-order valence-electron chi connectivity index (χ3n) is 4.82. The zero-order valence-corrected chi connectivity index (χ0v) is 17.0. The number of methoxy groups -OCH3 is 1. The molecular formula is C23H31NO3. The van der Waals surface area contributed by atoms with Gasteiger partial charge in [-0.05, 0) is 61.1 Å². The molecule has 0 aliphatic carbocycles. The van der Waals surface area contributed by atoms with Crippen LogP contribution in [0.3, 0.4) is 0 Å². The third-order valence-corrected chi connectivity index (χ3v) is 4.82. The molecule has 27 heavy (non-hydrogen) atoms. The lowest BCUT2D eigenvalue weighted by atomic mass is 10.0. The van der Waals surface area contributed by atoms with Crippen LogP contribution in [-0.4, -0.2) is 19.1 Å². The zero-order valence-electron chi connectivity index (χ0n) is 17.0. The van der Waals surface area contributed by atoms with Crippen LogP contribution in [-0.2, 0) is 11.2 Å². The van der Waals surface area contributed by atoms with Gasteiger partial charge in [0.05, 0.1) is 13.2 Å². The minimum absolute atomic E-state index is 0.0535. The highest BCUT2D eigenvalue weighted by Crippen LogP contribution is 2.24. The summed E-state index contributed by atoms with van der Waals surface area (Å²) in [6, 6.07) is 13.9. The topological polar surface area (TPSA) is 47.6 Å². The van der Waals surface area contributed by atoms with Crippen molar-refractivity contribution in [2.24, 2.45) is 0 Å². The molecular weight excluding hydrogens is 338 g/mol. The van der Waals surface area contributed by atoms with E-state index in [2.05, 4.69) is 25.2 Å². The van der Waals surface area contributed by atoms with E-state index in [1.54, 1.807) is 7.11 Å². The SMILES string of the molecule is CCc1ccc(O[C@@H](CC)C(=O)N[C@@H](CC)c2ccc(OC)c(C)c2)cc1. The summed E-state index contributed by atoms with van der Waals surface area (Å²) in [5.74, 6) is 1.49. The highest BCUT2D eigenvalue weighted by molar-refractivity contribution is 5.81. The second-order valence-corrected chi connectivity index (χ2v) is 6.71. The second kappa shape index (κ2) is 10.0. The van der Waals surface area contributed by atoms with Crippen molar-refractivity contribution in [2.45, 2.75) is 59.1 Å². The van der Waals surface area contributed by atoms with E-state index < -0.39 is 6.10 Å². The molecule has 0 unspecified atom stereocenters. The molecule has 0 bridgehead atoms. The van der Waals surface area contributed by atoms with Crippen molar-refractivity contribution >= 4 is 5.91 Å². The van der Waals surface area contributed by atoms with Gasteiger partial charge in [-0.15, -0.1) is 0 Å². The van der Waals surface area contributed by atoms with E-state index in [0.29, 0.717) is 6.42 Å². The number of ether oxygens (including phenoxy) is 2. The fourth-order valence-corrected chi connectivity index (χ4v) is 3.09. The molecule has 0 radical (unpaired) electrons. The number of benzene rings is 2. The Morgan fingerprint density at radius 2 is 1.74 bits per heavy atom. The van der Waals surface area contributed by atoms with Gasteiger partial charge in [0.1, 0.15) is 11.5 Å². The molecule has 0 aromatic heterocycles. The quantitative estimate of drug-likeness (QED) is 0.677. The van der Waals surface area contributed by atoms with Crippen LogP contribution >= 0.6 is 0 Å². The number of carbonyl (C=O) groups is 1. The summed E-state index contributed by atoms with van der Waals surface area (Å²) in [6.07, 6.45) is 1.89. The summed E-state index contributed by atoms with van der Waals surface area (Å²) >= 11 is 0. The van der Waals surface area contributed by atoms with E-state index >= 15 is 0 Å². The molecule has 4 nitrogen and oxygen atoms in total. The van der Waals surface area contributed by atoms with Crippen LogP contribution in [0.5, 0.6) is 11.5 Å². The Morgan fingerprint density at radius 1 is 1.04 bits per heavy atom. The van der Waals surface area contributed by atoms with E-state index in [1.165, 1.54) is 5.56 Å². The Bertz CT molecular complexity index is 740. The molecule has 0 fully saturated rings. The van der Waals surface area contributed by atoms with Gasteiger partial charge in [-0.3, -0.25) is 4.79 Å². The predicted molar refractivity (Wildman–Crippen MR) is 109 cm³/mol. The first kappa shape index (κ1) is 20.8. The van der Waals surface area contributed by atoms with Crippen molar-refractivity contribution in [1.82, 2.24) is 5.32 Å². The number of hydrogen-bond donors (Lipinski definition) is 1. The molecule has 4 heteroatoms. The fourth-order valence-electron chi connectivity index (χ4n) is 3.09. The Labute approximate surface area is 162 Å². The molecule has 1 amide bonds. The first-order valence-electron chi connectivity index (χ1n) is 9.72. The molecule has 0 heterocycles. The number of aryl methyl sites for hydroxylation is 2. The van der Waals surface area contributed by atoms with E-state index in [4.69, 9.17) is 9.47 Å². The van der Waals surface area contributed by atoms with Gasteiger partial charge in [-0.2, -0.15) is 0 Å². The highest BCUT2D eigenvalue weighted by Gasteiger charge is 2.22. The second-order valence-electron chi connectivity index (χ2n) is 6.71. The molecule has 2 aromatic carbocycles. The minimum Gasteiger partial charge on any atom is -0.496 e. The average molecular weight is 370 g/mol. The number of carbonyl (C=O) groups excluding carboxylic acids is 1. The summed E-state index contributed by atoms with van der Waals surface area (Å²) in [5.41, 5.74) is 3.38. The van der Waals surface area contributed by atoms with Crippen LogP contribution in [0.15, 0.2) is 42.5 Å². The van der Waals surface area contributed by atoms with Gasteiger partial charge < -0.3 is 14.8 Å². The van der Waals surface area contributed by atoms with Crippen LogP contribution in [0.4, 0.5) is 0 Å². The van der Waals surface area contributed by atoms with Crippen LogP contribution in [0.1, 0.15) is 56.3 Å². The molecule has 2 atom stereocenters. The fraction of sp³-hybridized carbons (Fsp3) is 0.435. The lowest BCUT2D eigenvalue weighted by Crippen LogP contribution is -2.40. The lowest BCUT2D eigenvalue weighted by molar-refractivity contribution is -0.128. The zero-order chi connectivity index (χ0) is 19.8. The largest absolute Gasteiger partial charge is 0.496 e. The molecule has 2 rings (SSSR count). The maximum Gasteiger partial charge on any atom is 0.261 e. The molecule has 1 N–H and O–H groups in total. The molecule has 146 valence electrons. The van der Waals surface area contributed by atoms with Gasteiger partial charge in [-0.1, -0.05) is 45.0 Å². The van der Waals surface area contributed by atoms with E-state index in [0.717, 1.165) is 35.5 Å². The molecule has 0 spiro atoms. The molecule has 0 aliphatic heterocycles. The smallest absolute Gasteiger partial charge is 0.261 e. The number of hydrogen-bond acceptors (Lipinski definition) is 3. The van der Waals surface area contributed by atoms with Crippen LogP contribution in [0.25, 0.3) is 0 Å². The van der Waals surface area contributed by atoms with E-state index in [-0.39, 0.29) is 11.9 Å². The highest BCUT2D eigenvalue weighted by atomic mass is 16.5. The van der Waals surface area contributed by atoms with Crippen LogP contribution in [0.2, 0.25) is 0 Å². The average Bonchev–Trinajstić information content (AvgIpc) is 2.70. The molecule has 0 saturated heterocycles. The van der Waals surface area contributed by atoms with Crippen molar-refractivity contribution in [3.63, 3.8) is 0 Å². The molecule has 2 aromatic rings. The summed E-state index contributed by atoms with van der Waals surface area (Å²) in [7, 11) is 1.66. The number of nitrogens with one attached hydrogen (secondary N) is 1. The lowest BCUT2D eigenvalue weighted by Gasteiger charge is -2.23. The van der Waals surface area contributed by atoms with Crippen molar-refractivity contribution in [3.05, 3.63) is 59.2 Å². The Morgan fingerprint density at radius 3 is 2.26 bits per heavy atom. The minimum atomic E-state index is -0.508. The number of rotatable bonds is 9. The third kappa shape index (κ3) is 5.49. The maximum absolute atomic E-state index is 12.8. The predicted octanol–water partition coefficient (Wildman–Crippen LogP) is 4.99. The van der Waals surface area contributed by atoms with Crippen molar-refractivity contribution < 1.29 is 14.3 Å². The summed E-state index contributed by atoms with van der Waals surface area (Å²) in [5, 5.41) is 3.14. The van der Waals surface area contributed by atoms with Gasteiger partial charge in [0.2, 0.25) is 0 Å². The van der Waals surface area contributed by atoms with Gasteiger partial charge in [0.25, 0.3) is 5.91 Å². The van der Waals surface area contributed by atoms with Crippen LogP contribution < -0.4 is 14.8 Å². The maximum atomic E-state index is 12.8. The van der Waals surface area contributed by atoms with E-state index in [9.17, 15) is 4.79 Å². The Balaban J connectivity index is 2.07. The first-order chi connectivity index (χ1) is 13.0. The number of amides is 1. The van der Waals surface area contributed by atoms with Crippen molar-refractivity contribution in [1.29, 1.82) is 0 Å². The van der Waals surface area contributed by atoms with Crippen molar-refractivity contribution in [3.8, 4) is 11.5 Å². The standard InChI is InChI=1S/C23H31NO3/c1-6-17-9-12-19(13-10-17)27-21(8-3)23(25)24-20(7-2)18-11-14-22(26-5)16(4)15-18/h9-15,20-21H,6-8H2,1-5H3,(H,24,25)/t20-,21-/m0/s1. The van der Waals surface area contributed by atoms with Crippen LogP contribution in [0, 0.1) is 6.92 Å². The monoisotopic (exact) mass is 369 g/mol. The Kier molecular flexibility index (Phi) is 7.71. The Hall–Kier alpha value is -2.49. The van der Waals surface area contributed by atoms with Gasteiger partial charge in [-0.25, -0.2) is 0 Å². The van der Waals surface area contributed by atoms with Gasteiger partial charge in [0.15, 0.2) is 6.10 Å². The van der Waals surface area contributed by atoms with Gasteiger partial charge >= 0.3 is 0 Å². The van der Waals surface area contributed by atoms with Crippen molar-refractivity contribution in [2.75, 3.05) is 7.11 Å². The summed E-state index contributed by atoms with van der Waals surface area (Å²) in [4.78, 5) is 12.8. The molecule has 0 aliphatic rings. The molecule has 0 saturated carbocycles. The van der Waals surface area contributed by atoms with E-state index in [1.807, 2.05) is 50.2 Å². The summed E-state index contributed by atoms with van der Waals surface area (Å²) < 4.78 is 11.3.